The molecule has 0 bridgehead atoms. The van der Waals surface area contributed by atoms with Crippen molar-refractivity contribution in [3.8, 4) is 12.3 Å². The van der Waals surface area contributed by atoms with Crippen molar-refractivity contribution >= 4 is 17.6 Å². The van der Waals surface area contributed by atoms with Gasteiger partial charge in [0.25, 0.3) is 5.91 Å². The van der Waals surface area contributed by atoms with Gasteiger partial charge in [-0.3, -0.25) is 9.69 Å². The average molecular weight is 297 g/mol. The molecule has 0 radical (unpaired) electrons. The maximum Gasteiger partial charge on any atom is 0.338 e. The van der Waals surface area contributed by atoms with Crippen LogP contribution in [0.5, 0.6) is 0 Å². The molecule has 0 saturated heterocycles. The summed E-state index contributed by atoms with van der Waals surface area (Å²) in [5.74, 6) is -0.617. The quantitative estimate of drug-likeness (QED) is 0.883. The Balaban J connectivity index is 2.50. The van der Waals surface area contributed by atoms with Gasteiger partial charge in [-0.15, -0.1) is 6.42 Å². The van der Waals surface area contributed by atoms with Gasteiger partial charge >= 0.3 is 5.97 Å². The Labute approximate surface area is 126 Å². The molecule has 2 aromatic rings. The minimum absolute atomic E-state index is 0.160. The van der Waals surface area contributed by atoms with Gasteiger partial charge in [0, 0.05) is 5.56 Å². The summed E-state index contributed by atoms with van der Waals surface area (Å²) in [4.78, 5) is 24.5. The maximum absolute atomic E-state index is 14.3. The Bertz CT molecular complexity index is 750. The van der Waals surface area contributed by atoms with Gasteiger partial charge in [-0.1, -0.05) is 30.2 Å². The van der Waals surface area contributed by atoms with E-state index in [0.717, 1.165) is 11.0 Å². The van der Waals surface area contributed by atoms with Crippen molar-refractivity contribution in [3.05, 3.63) is 65.5 Å². The molecule has 2 aromatic carbocycles. The summed E-state index contributed by atoms with van der Waals surface area (Å²) in [6, 6.07) is 12.0. The third-order valence-corrected chi connectivity index (χ3v) is 3.01. The lowest BCUT2D eigenvalue weighted by molar-refractivity contribution is 0.0691. The molecule has 0 heterocycles. The first-order valence-electron chi connectivity index (χ1n) is 6.38. The molecule has 1 N–H and O–H groups in total. The van der Waals surface area contributed by atoms with E-state index in [1.165, 1.54) is 12.1 Å². The molecule has 2 rings (SSSR count). The number of terminal acetylenes is 1. The predicted molar refractivity (Wildman–Crippen MR) is 80.3 cm³/mol. The van der Waals surface area contributed by atoms with Crippen molar-refractivity contribution < 1.29 is 19.1 Å². The largest absolute Gasteiger partial charge is 0.478 e. The van der Waals surface area contributed by atoms with E-state index in [1.807, 2.05) is 0 Å². The van der Waals surface area contributed by atoms with Crippen LogP contribution in [0.2, 0.25) is 0 Å². The van der Waals surface area contributed by atoms with E-state index in [1.54, 1.807) is 30.3 Å². The smallest absolute Gasteiger partial charge is 0.338 e. The van der Waals surface area contributed by atoms with Crippen molar-refractivity contribution in [1.82, 2.24) is 0 Å². The lowest BCUT2D eigenvalue weighted by atomic mass is 10.1. The number of amides is 1. The minimum Gasteiger partial charge on any atom is -0.478 e. The van der Waals surface area contributed by atoms with Crippen molar-refractivity contribution in [2.45, 2.75) is 0 Å². The highest BCUT2D eigenvalue weighted by Crippen LogP contribution is 2.24. The molecular formula is C17H12FNO3. The van der Waals surface area contributed by atoms with E-state index in [-0.39, 0.29) is 12.2 Å². The molecule has 0 fully saturated rings. The Morgan fingerprint density at radius 2 is 1.82 bits per heavy atom. The molecule has 0 saturated carbocycles. The van der Waals surface area contributed by atoms with E-state index < -0.39 is 23.3 Å². The summed E-state index contributed by atoms with van der Waals surface area (Å²) in [5.41, 5.74) is -0.343. The zero-order chi connectivity index (χ0) is 16.1. The number of hydrogen-bond acceptors (Lipinski definition) is 2. The van der Waals surface area contributed by atoms with Gasteiger partial charge in [-0.2, -0.15) is 0 Å². The zero-order valence-corrected chi connectivity index (χ0v) is 11.5. The highest BCUT2D eigenvalue weighted by Gasteiger charge is 2.23. The summed E-state index contributed by atoms with van der Waals surface area (Å²) in [7, 11) is 0. The van der Waals surface area contributed by atoms with Gasteiger partial charge in [0.15, 0.2) is 5.82 Å². The fourth-order valence-electron chi connectivity index (χ4n) is 1.99. The first kappa shape index (κ1) is 15.3. The molecule has 4 nitrogen and oxygen atoms in total. The number of carboxylic acids is 1. The van der Waals surface area contributed by atoms with Crippen LogP contribution in [0.4, 0.5) is 10.1 Å². The van der Waals surface area contributed by atoms with Crippen molar-refractivity contribution in [2.75, 3.05) is 11.4 Å². The van der Waals surface area contributed by atoms with Gasteiger partial charge in [0.05, 0.1) is 17.8 Å². The van der Waals surface area contributed by atoms with Gasteiger partial charge in [-0.05, 0) is 24.3 Å². The molecule has 0 spiro atoms. The molecular weight excluding hydrogens is 285 g/mol. The highest BCUT2D eigenvalue weighted by molar-refractivity contribution is 6.07. The zero-order valence-electron chi connectivity index (χ0n) is 11.5. The minimum atomic E-state index is -1.41. The third kappa shape index (κ3) is 2.96. The number of halogens is 1. The van der Waals surface area contributed by atoms with Gasteiger partial charge in [-0.25, -0.2) is 9.18 Å². The van der Waals surface area contributed by atoms with E-state index in [0.29, 0.717) is 5.56 Å². The fourth-order valence-corrected chi connectivity index (χ4v) is 1.99. The molecule has 5 heteroatoms. The fraction of sp³-hybridized carbons (Fsp3) is 0.0588. The van der Waals surface area contributed by atoms with Crippen LogP contribution >= 0.6 is 0 Å². The van der Waals surface area contributed by atoms with Crippen molar-refractivity contribution in [2.24, 2.45) is 0 Å². The Hall–Kier alpha value is -3.13. The number of carboxylic acid groups (broad SMARTS) is 1. The van der Waals surface area contributed by atoms with Crippen LogP contribution in [-0.4, -0.2) is 23.5 Å². The maximum atomic E-state index is 14.3. The molecule has 0 atom stereocenters. The van der Waals surface area contributed by atoms with Crippen LogP contribution in [-0.2, 0) is 0 Å². The SMILES string of the molecule is C#CCN(C(=O)c1ccccc1)c1cccc(C(=O)O)c1F. The van der Waals surface area contributed by atoms with Gasteiger partial charge < -0.3 is 5.11 Å². The Kier molecular flexibility index (Phi) is 4.54. The predicted octanol–water partition coefficient (Wildman–Crippen LogP) is 2.80. The van der Waals surface area contributed by atoms with Gasteiger partial charge in [0.1, 0.15) is 0 Å². The molecule has 0 aliphatic rings. The van der Waals surface area contributed by atoms with E-state index in [4.69, 9.17) is 11.5 Å². The topological polar surface area (TPSA) is 57.6 Å². The number of anilines is 1. The first-order valence-corrected chi connectivity index (χ1v) is 6.38. The lowest BCUT2D eigenvalue weighted by Gasteiger charge is -2.21. The molecule has 0 aromatic heterocycles. The summed E-state index contributed by atoms with van der Waals surface area (Å²) < 4.78 is 14.3. The van der Waals surface area contributed by atoms with Crippen LogP contribution in [0.25, 0.3) is 0 Å². The summed E-state index contributed by atoms with van der Waals surface area (Å²) in [6.45, 7) is -0.173. The second-order valence-corrected chi connectivity index (χ2v) is 4.41. The summed E-state index contributed by atoms with van der Waals surface area (Å²) in [6.07, 6.45) is 5.25. The Morgan fingerprint density at radius 1 is 1.14 bits per heavy atom. The highest BCUT2D eigenvalue weighted by atomic mass is 19.1. The van der Waals surface area contributed by atoms with Crippen LogP contribution in [0.1, 0.15) is 20.7 Å². The number of hydrogen-bond donors (Lipinski definition) is 1. The number of aromatic carboxylic acids is 1. The summed E-state index contributed by atoms with van der Waals surface area (Å²) in [5, 5.41) is 8.97. The normalized spacial score (nSPS) is 9.82. The number of nitrogens with zero attached hydrogens (tertiary/aromatic N) is 1. The van der Waals surface area contributed by atoms with Crippen LogP contribution < -0.4 is 4.90 Å². The number of carbonyl (C=O) groups excluding carboxylic acids is 1. The second-order valence-electron chi connectivity index (χ2n) is 4.41. The lowest BCUT2D eigenvalue weighted by Crippen LogP contribution is -2.32. The summed E-state index contributed by atoms with van der Waals surface area (Å²) >= 11 is 0. The number of rotatable bonds is 4. The van der Waals surface area contributed by atoms with Gasteiger partial charge in [0.2, 0.25) is 0 Å². The van der Waals surface area contributed by atoms with Crippen molar-refractivity contribution in [3.63, 3.8) is 0 Å². The standard InChI is InChI=1S/C17H12FNO3/c1-2-11-19(16(20)12-7-4-3-5-8-12)14-10-6-9-13(15(14)18)17(21)22/h1,3-10H,11H2,(H,21,22). The monoisotopic (exact) mass is 297 g/mol. The molecule has 0 aliphatic carbocycles. The average Bonchev–Trinajstić information content (AvgIpc) is 2.53. The molecule has 0 aliphatic heterocycles. The molecule has 1 amide bonds. The van der Waals surface area contributed by atoms with Crippen molar-refractivity contribution in [1.29, 1.82) is 0 Å². The van der Waals surface area contributed by atoms with E-state index in [2.05, 4.69) is 5.92 Å². The molecule has 110 valence electrons. The van der Waals surface area contributed by atoms with Crippen LogP contribution in [0.3, 0.4) is 0 Å². The molecule has 0 unspecified atom stereocenters. The van der Waals surface area contributed by atoms with Crippen LogP contribution in [0.15, 0.2) is 48.5 Å². The third-order valence-electron chi connectivity index (χ3n) is 3.01. The number of carbonyl (C=O) groups is 2. The second kappa shape index (κ2) is 6.55. The van der Waals surface area contributed by atoms with Crippen LogP contribution in [0, 0.1) is 18.2 Å². The first-order chi connectivity index (χ1) is 10.6. The van der Waals surface area contributed by atoms with E-state index in [9.17, 15) is 14.0 Å². The number of benzene rings is 2. The molecule has 22 heavy (non-hydrogen) atoms. The van der Waals surface area contributed by atoms with E-state index >= 15 is 0 Å². The Morgan fingerprint density at radius 3 is 2.41 bits per heavy atom.